The molecule has 2 heterocycles. The first-order valence-electron chi connectivity index (χ1n) is 12.4. The molecule has 0 saturated carbocycles. The number of halogens is 1. The maximum absolute atomic E-state index is 6.30. The van der Waals surface area contributed by atoms with Crippen LogP contribution in [0.15, 0.2) is 81.7 Å². The molecule has 0 fully saturated rings. The van der Waals surface area contributed by atoms with Crippen LogP contribution in [0.25, 0.3) is 49.4 Å². The molecule has 0 N–H and O–H groups in total. The summed E-state index contributed by atoms with van der Waals surface area (Å²) in [5.74, 6) is 0. The van der Waals surface area contributed by atoms with Crippen molar-refractivity contribution in [1.82, 2.24) is 4.57 Å². The molecule has 174 valence electrons. The topological polar surface area (TPSA) is 18.1 Å². The van der Waals surface area contributed by atoms with Crippen LogP contribution in [-0.4, -0.2) is 4.57 Å². The van der Waals surface area contributed by atoms with Gasteiger partial charge in [-0.3, -0.25) is 0 Å². The van der Waals surface area contributed by atoms with Crippen LogP contribution in [-0.2, 0) is 10.8 Å². The second-order valence-electron chi connectivity index (χ2n) is 11.5. The molecule has 0 saturated heterocycles. The second kappa shape index (κ2) is 7.01. The number of furan rings is 1. The summed E-state index contributed by atoms with van der Waals surface area (Å²) in [5.41, 5.74) is 8.80. The molecule has 0 aliphatic heterocycles. The Hall–Kier alpha value is -3.04. The molecule has 0 spiro atoms. The number of fused-ring (bicyclic) bond motifs is 7. The molecule has 0 unspecified atom stereocenters. The minimum Gasteiger partial charge on any atom is -0.456 e. The van der Waals surface area contributed by atoms with E-state index >= 15 is 0 Å². The molecular formula is C32H28BrNO. The lowest BCUT2D eigenvalue weighted by molar-refractivity contribution is 0.332. The van der Waals surface area contributed by atoms with Gasteiger partial charge in [0.1, 0.15) is 11.2 Å². The van der Waals surface area contributed by atoms with Crippen molar-refractivity contribution in [1.29, 1.82) is 0 Å². The highest BCUT2D eigenvalue weighted by Gasteiger charge is 2.37. The van der Waals surface area contributed by atoms with Gasteiger partial charge in [0.15, 0.2) is 0 Å². The molecule has 6 aromatic rings. The Kier molecular flexibility index (Phi) is 4.26. The third kappa shape index (κ3) is 3.00. The maximum atomic E-state index is 6.30. The molecule has 2 nitrogen and oxygen atoms in total. The van der Waals surface area contributed by atoms with E-state index in [1.165, 1.54) is 45.8 Å². The molecule has 0 amide bonds. The number of benzene rings is 4. The Morgan fingerprint density at radius 3 is 2.09 bits per heavy atom. The Bertz CT molecular complexity index is 1810. The fourth-order valence-corrected chi connectivity index (χ4v) is 6.53. The van der Waals surface area contributed by atoms with Crippen LogP contribution in [0.5, 0.6) is 0 Å². The van der Waals surface area contributed by atoms with Gasteiger partial charge in [-0.25, -0.2) is 0 Å². The molecule has 2 aromatic heterocycles. The Morgan fingerprint density at radius 2 is 1.31 bits per heavy atom. The summed E-state index contributed by atoms with van der Waals surface area (Å²) in [6.45, 7) is 9.61. The summed E-state index contributed by atoms with van der Waals surface area (Å²) >= 11 is 3.57. The summed E-state index contributed by atoms with van der Waals surface area (Å²) in [5, 5.41) is 4.93. The molecule has 35 heavy (non-hydrogen) atoms. The van der Waals surface area contributed by atoms with Crippen LogP contribution >= 0.6 is 15.9 Å². The standard InChI is InChI=1S/C32H28BrNO/c1-31(2)13-14-32(3,4)26-18-28-24(17-25(26)31)21-7-5-6-8-27(21)34(28)20-10-12-23-22-11-9-19(33)15-29(22)35-30(23)16-20/h5-12,15-18H,13-14H2,1-4H3. The second-order valence-corrected chi connectivity index (χ2v) is 12.4. The van der Waals surface area contributed by atoms with Gasteiger partial charge in [-0.2, -0.15) is 0 Å². The summed E-state index contributed by atoms with van der Waals surface area (Å²) in [4.78, 5) is 0. The number of hydrogen-bond acceptors (Lipinski definition) is 1. The largest absolute Gasteiger partial charge is 0.456 e. The van der Waals surface area contributed by atoms with Crippen LogP contribution < -0.4 is 0 Å². The van der Waals surface area contributed by atoms with Crippen molar-refractivity contribution in [3.63, 3.8) is 0 Å². The van der Waals surface area contributed by atoms with Crippen LogP contribution in [0.2, 0.25) is 0 Å². The van der Waals surface area contributed by atoms with Crippen molar-refractivity contribution in [3.05, 3.63) is 88.4 Å². The first-order valence-corrected chi connectivity index (χ1v) is 13.2. The van der Waals surface area contributed by atoms with Crippen molar-refractivity contribution in [2.75, 3.05) is 0 Å². The van der Waals surface area contributed by atoms with E-state index in [0.29, 0.717) is 0 Å². The van der Waals surface area contributed by atoms with E-state index in [1.807, 2.05) is 6.07 Å². The Balaban J connectivity index is 1.57. The van der Waals surface area contributed by atoms with Crippen molar-refractivity contribution in [2.24, 2.45) is 0 Å². The van der Waals surface area contributed by atoms with Gasteiger partial charge in [-0.1, -0.05) is 61.8 Å². The molecule has 0 radical (unpaired) electrons. The SMILES string of the molecule is CC1(C)CCC(C)(C)c2cc3c(cc21)c1ccccc1n3-c1ccc2c(c1)oc1cc(Br)ccc12. The average molecular weight is 522 g/mol. The molecule has 3 heteroatoms. The van der Waals surface area contributed by atoms with Gasteiger partial charge in [0, 0.05) is 37.8 Å². The first kappa shape index (κ1) is 21.3. The first-order chi connectivity index (χ1) is 16.7. The minimum absolute atomic E-state index is 0.163. The van der Waals surface area contributed by atoms with Gasteiger partial charge in [-0.15, -0.1) is 0 Å². The van der Waals surface area contributed by atoms with Crippen LogP contribution in [0.1, 0.15) is 51.7 Å². The van der Waals surface area contributed by atoms with E-state index in [9.17, 15) is 0 Å². The van der Waals surface area contributed by atoms with Gasteiger partial charge in [-0.05, 0) is 83.3 Å². The zero-order valence-electron chi connectivity index (χ0n) is 20.6. The maximum Gasteiger partial charge on any atom is 0.137 e. The highest BCUT2D eigenvalue weighted by molar-refractivity contribution is 9.10. The summed E-state index contributed by atoms with van der Waals surface area (Å²) in [6, 6.07) is 26.7. The van der Waals surface area contributed by atoms with Crippen LogP contribution in [0.4, 0.5) is 0 Å². The normalized spacial score (nSPS) is 16.9. The zero-order valence-corrected chi connectivity index (χ0v) is 22.2. The molecule has 1 aliphatic carbocycles. The Morgan fingerprint density at radius 1 is 0.657 bits per heavy atom. The molecule has 0 atom stereocenters. The van der Waals surface area contributed by atoms with E-state index in [-0.39, 0.29) is 10.8 Å². The van der Waals surface area contributed by atoms with Gasteiger partial charge in [0.25, 0.3) is 0 Å². The van der Waals surface area contributed by atoms with Crippen LogP contribution in [0, 0.1) is 0 Å². The number of rotatable bonds is 1. The van der Waals surface area contributed by atoms with E-state index in [1.54, 1.807) is 0 Å². The van der Waals surface area contributed by atoms with Gasteiger partial charge < -0.3 is 8.98 Å². The summed E-state index contributed by atoms with van der Waals surface area (Å²) in [6.07, 6.45) is 2.43. The lowest BCUT2D eigenvalue weighted by atomic mass is 9.63. The fourth-order valence-electron chi connectivity index (χ4n) is 6.19. The lowest BCUT2D eigenvalue weighted by Crippen LogP contribution is -2.33. The van der Waals surface area contributed by atoms with Crippen LogP contribution in [0.3, 0.4) is 0 Å². The summed E-state index contributed by atoms with van der Waals surface area (Å²) in [7, 11) is 0. The van der Waals surface area contributed by atoms with Gasteiger partial charge in [0.2, 0.25) is 0 Å². The lowest BCUT2D eigenvalue weighted by Gasteiger charge is -2.42. The molecular weight excluding hydrogens is 494 g/mol. The number of hydrogen-bond donors (Lipinski definition) is 0. The van der Waals surface area contributed by atoms with Crippen molar-refractivity contribution in [3.8, 4) is 5.69 Å². The van der Waals surface area contributed by atoms with E-state index in [2.05, 4.69) is 115 Å². The average Bonchev–Trinajstić information content (AvgIpc) is 3.35. The molecule has 4 aromatic carbocycles. The van der Waals surface area contributed by atoms with Crippen molar-refractivity contribution >= 4 is 59.7 Å². The van der Waals surface area contributed by atoms with Gasteiger partial charge >= 0.3 is 0 Å². The smallest absolute Gasteiger partial charge is 0.137 e. The van der Waals surface area contributed by atoms with E-state index in [0.717, 1.165) is 32.1 Å². The number of aromatic nitrogens is 1. The number of nitrogens with zero attached hydrogens (tertiary/aromatic N) is 1. The third-order valence-corrected chi connectivity index (χ3v) is 8.82. The quantitative estimate of drug-likeness (QED) is 0.210. The van der Waals surface area contributed by atoms with Crippen molar-refractivity contribution in [2.45, 2.75) is 51.4 Å². The predicted octanol–water partition coefficient (Wildman–Crippen LogP) is 9.79. The minimum atomic E-state index is 0.163. The number of para-hydroxylation sites is 1. The Labute approximate surface area is 213 Å². The van der Waals surface area contributed by atoms with Crippen molar-refractivity contribution < 1.29 is 4.42 Å². The monoisotopic (exact) mass is 521 g/mol. The third-order valence-electron chi connectivity index (χ3n) is 8.32. The highest BCUT2D eigenvalue weighted by atomic mass is 79.9. The zero-order chi connectivity index (χ0) is 24.1. The highest BCUT2D eigenvalue weighted by Crippen LogP contribution is 2.48. The van der Waals surface area contributed by atoms with Gasteiger partial charge in [0.05, 0.1) is 11.0 Å². The molecule has 0 bridgehead atoms. The molecule has 1 aliphatic rings. The van der Waals surface area contributed by atoms with E-state index < -0.39 is 0 Å². The molecule has 7 rings (SSSR count). The van der Waals surface area contributed by atoms with E-state index in [4.69, 9.17) is 4.42 Å². The summed E-state index contributed by atoms with van der Waals surface area (Å²) < 4.78 is 9.76. The predicted molar refractivity (Wildman–Crippen MR) is 151 cm³/mol. The fraction of sp³-hybridized carbons (Fsp3) is 0.250.